The quantitative estimate of drug-likeness (QED) is 0.489. The van der Waals surface area contributed by atoms with Crippen molar-refractivity contribution in [3.8, 4) is 11.6 Å². The van der Waals surface area contributed by atoms with Gasteiger partial charge in [0, 0.05) is 29.2 Å². The summed E-state index contributed by atoms with van der Waals surface area (Å²) in [6.45, 7) is 7.93. The van der Waals surface area contributed by atoms with Crippen LogP contribution < -0.4 is 20.5 Å². The lowest BCUT2D eigenvalue weighted by Crippen LogP contribution is -2.47. The number of anilines is 1. The summed E-state index contributed by atoms with van der Waals surface area (Å²) in [7, 11) is 0. The molecule has 7 heteroatoms. The maximum atomic E-state index is 12.6. The number of ether oxygens (including phenoxy) is 2. The van der Waals surface area contributed by atoms with Crippen molar-refractivity contribution in [2.45, 2.75) is 33.2 Å². The molecule has 27 heavy (non-hydrogen) atoms. The van der Waals surface area contributed by atoms with Crippen LogP contribution in [0.2, 0.25) is 0 Å². The number of aromatic nitrogens is 1. The van der Waals surface area contributed by atoms with Gasteiger partial charge in [0.25, 0.3) is 5.91 Å². The molecule has 0 radical (unpaired) electrons. The summed E-state index contributed by atoms with van der Waals surface area (Å²) in [6.07, 6.45) is 1.54. The van der Waals surface area contributed by atoms with Crippen molar-refractivity contribution < 1.29 is 14.3 Å². The predicted molar refractivity (Wildman–Crippen MR) is 106 cm³/mol. The molecule has 0 saturated carbocycles. The van der Waals surface area contributed by atoms with Crippen LogP contribution in [0.3, 0.4) is 0 Å². The lowest BCUT2D eigenvalue weighted by Gasteiger charge is -2.27. The minimum Gasteiger partial charge on any atom is -0.490 e. The Balaban J connectivity index is 2.07. The van der Waals surface area contributed by atoms with E-state index in [1.165, 1.54) is 6.20 Å². The Labute approximate surface area is 159 Å². The summed E-state index contributed by atoms with van der Waals surface area (Å²) >= 11 is 0. The summed E-state index contributed by atoms with van der Waals surface area (Å²) < 4.78 is 11.2. The first-order chi connectivity index (χ1) is 12.7. The molecule has 0 unspecified atom stereocenters. The largest absolute Gasteiger partial charge is 0.490 e. The van der Waals surface area contributed by atoms with Crippen LogP contribution >= 0.6 is 0 Å². The van der Waals surface area contributed by atoms with Gasteiger partial charge in [-0.1, -0.05) is 6.07 Å². The Hall–Kier alpha value is -3.09. The highest BCUT2D eigenvalue weighted by molar-refractivity contribution is 6.03. The van der Waals surface area contributed by atoms with Gasteiger partial charge in [-0.05, 0) is 45.9 Å². The number of rotatable bonds is 8. The van der Waals surface area contributed by atoms with E-state index >= 15 is 0 Å². The Morgan fingerprint density at radius 1 is 1.30 bits per heavy atom. The van der Waals surface area contributed by atoms with Gasteiger partial charge < -0.3 is 25.9 Å². The second-order valence-corrected chi connectivity index (χ2v) is 6.79. The molecular formula is C20H26N4O3. The van der Waals surface area contributed by atoms with Crippen molar-refractivity contribution in [1.82, 2.24) is 10.3 Å². The van der Waals surface area contributed by atoms with Crippen LogP contribution in [0, 0.1) is 5.41 Å². The first kappa shape index (κ1) is 20.2. The lowest BCUT2D eigenvalue weighted by molar-refractivity contribution is 0.0880. The molecule has 0 atom stereocenters. The van der Waals surface area contributed by atoms with E-state index in [0.717, 1.165) is 0 Å². The normalized spacial score (nSPS) is 11.0. The molecule has 2 aromatic rings. The fourth-order valence-corrected chi connectivity index (χ4v) is 2.52. The summed E-state index contributed by atoms with van der Waals surface area (Å²) in [5.74, 6) is 0.681. The number of carbonyl (C=O) groups is 1. The smallest absolute Gasteiger partial charge is 0.252 e. The van der Waals surface area contributed by atoms with Gasteiger partial charge in [0.2, 0.25) is 5.88 Å². The average Bonchev–Trinajstić information content (AvgIpc) is 2.60. The molecule has 1 amide bonds. The van der Waals surface area contributed by atoms with Gasteiger partial charge in [-0.25, -0.2) is 4.98 Å². The Bertz CT molecular complexity index is 834. The maximum Gasteiger partial charge on any atom is 0.252 e. The van der Waals surface area contributed by atoms with Gasteiger partial charge in [-0.2, -0.15) is 0 Å². The molecule has 0 fully saturated rings. The molecule has 0 spiro atoms. The SMILES string of the molecule is CCOc1cc(C(=O)NC(C)(C)COc2cccc(N)c2C(C)=N)ccn1. The number of nitrogen functional groups attached to an aromatic ring is 1. The number of nitrogens with one attached hydrogen (secondary N) is 2. The van der Waals surface area contributed by atoms with Crippen LogP contribution in [0.25, 0.3) is 0 Å². The van der Waals surface area contributed by atoms with E-state index in [9.17, 15) is 4.79 Å². The van der Waals surface area contributed by atoms with Crippen LogP contribution in [0.15, 0.2) is 36.5 Å². The molecule has 2 rings (SSSR count). The van der Waals surface area contributed by atoms with E-state index in [1.807, 2.05) is 20.8 Å². The minimum atomic E-state index is -0.649. The first-order valence-corrected chi connectivity index (χ1v) is 8.71. The molecule has 1 aromatic heterocycles. The maximum absolute atomic E-state index is 12.6. The molecule has 144 valence electrons. The number of hydrogen-bond donors (Lipinski definition) is 3. The first-order valence-electron chi connectivity index (χ1n) is 8.71. The van der Waals surface area contributed by atoms with E-state index in [-0.39, 0.29) is 12.5 Å². The number of nitrogens with zero attached hydrogens (tertiary/aromatic N) is 1. The van der Waals surface area contributed by atoms with Crippen molar-refractivity contribution in [1.29, 1.82) is 5.41 Å². The molecule has 7 nitrogen and oxygen atoms in total. The van der Waals surface area contributed by atoms with Gasteiger partial charge in [0.15, 0.2) is 0 Å². The molecular weight excluding hydrogens is 344 g/mol. The fourth-order valence-electron chi connectivity index (χ4n) is 2.52. The molecule has 1 aromatic carbocycles. The second kappa shape index (κ2) is 8.53. The molecule has 0 aliphatic rings. The van der Waals surface area contributed by atoms with Crippen LogP contribution in [0.1, 0.15) is 43.6 Å². The van der Waals surface area contributed by atoms with Gasteiger partial charge in [0.1, 0.15) is 12.4 Å². The van der Waals surface area contributed by atoms with Crippen LogP contribution in [-0.4, -0.2) is 35.4 Å². The number of nitrogens with two attached hydrogens (primary N) is 1. The second-order valence-electron chi connectivity index (χ2n) is 6.79. The Morgan fingerprint density at radius 2 is 2.04 bits per heavy atom. The van der Waals surface area contributed by atoms with Gasteiger partial charge in [0.05, 0.1) is 17.7 Å². The summed E-state index contributed by atoms with van der Waals surface area (Å²) in [6, 6.07) is 8.49. The molecule has 4 N–H and O–H groups in total. The van der Waals surface area contributed by atoms with E-state index in [0.29, 0.717) is 40.8 Å². The van der Waals surface area contributed by atoms with Crippen LogP contribution in [0.5, 0.6) is 11.6 Å². The van der Waals surface area contributed by atoms with Crippen molar-refractivity contribution in [3.63, 3.8) is 0 Å². The van der Waals surface area contributed by atoms with Crippen molar-refractivity contribution in [2.75, 3.05) is 18.9 Å². The van der Waals surface area contributed by atoms with Gasteiger partial charge >= 0.3 is 0 Å². The average molecular weight is 370 g/mol. The van der Waals surface area contributed by atoms with Gasteiger partial charge in [-0.15, -0.1) is 0 Å². The van der Waals surface area contributed by atoms with E-state index in [1.54, 1.807) is 37.3 Å². The number of carbonyl (C=O) groups excluding carboxylic acids is 1. The fraction of sp³-hybridized carbons (Fsp3) is 0.350. The van der Waals surface area contributed by atoms with Crippen LogP contribution in [-0.2, 0) is 0 Å². The van der Waals surface area contributed by atoms with Crippen molar-refractivity contribution in [2.24, 2.45) is 0 Å². The molecule has 0 saturated heterocycles. The minimum absolute atomic E-state index is 0.214. The number of hydrogen-bond acceptors (Lipinski definition) is 6. The topological polar surface area (TPSA) is 110 Å². The van der Waals surface area contributed by atoms with E-state index < -0.39 is 5.54 Å². The highest BCUT2D eigenvalue weighted by Crippen LogP contribution is 2.25. The molecule has 0 bridgehead atoms. The third kappa shape index (κ3) is 5.44. The lowest BCUT2D eigenvalue weighted by atomic mass is 10.1. The van der Waals surface area contributed by atoms with E-state index in [2.05, 4.69) is 10.3 Å². The standard InChI is InChI=1S/C20H26N4O3/c1-5-26-17-11-14(9-10-23-17)19(25)24-20(3,4)12-27-16-8-6-7-15(22)18(16)13(2)21/h6-11,21H,5,12,22H2,1-4H3,(H,24,25). The third-order valence-electron chi connectivity index (χ3n) is 3.76. The summed E-state index contributed by atoms with van der Waals surface area (Å²) in [4.78, 5) is 16.6. The molecule has 0 aliphatic carbocycles. The highest BCUT2D eigenvalue weighted by Gasteiger charge is 2.23. The Morgan fingerprint density at radius 3 is 2.70 bits per heavy atom. The molecule has 1 heterocycles. The summed E-state index contributed by atoms with van der Waals surface area (Å²) in [5.41, 5.74) is 7.14. The van der Waals surface area contributed by atoms with Crippen molar-refractivity contribution >= 4 is 17.3 Å². The number of benzene rings is 1. The number of amides is 1. The van der Waals surface area contributed by atoms with E-state index in [4.69, 9.17) is 20.6 Å². The monoisotopic (exact) mass is 370 g/mol. The third-order valence-corrected chi connectivity index (χ3v) is 3.76. The zero-order valence-corrected chi connectivity index (χ0v) is 16.1. The highest BCUT2D eigenvalue weighted by atomic mass is 16.5. The predicted octanol–water partition coefficient (Wildman–Crippen LogP) is 3.04. The van der Waals surface area contributed by atoms with Crippen molar-refractivity contribution in [3.05, 3.63) is 47.7 Å². The zero-order chi connectivity index (χ0) is 20.0. The van der Waals surface area contributed by atoms with Gasteiger partial charge in [-0.3, -0.25) is 4.79 Å². The Kier molecular flexibility index (Phi) is 6.39. The van der Waals surface area contributed by atoms with Crippen LogP contribution in [0.4, 0.5) is 5.69 Å². The number of pyridine rings is 1. The summed E-state index contributed by atoms with van der Waals surface area (Å²) in [5, 5.41) is 10.8. The molecule has 0 aliphatic heterocycles. The zero-order valence-electron chi connectivity index (χ0n) is 16.1.